The van der Waals surface area contributed by atoms with Gasteiger partial charge in [0.05, 0.1) is 5.56 Å². The molecular formula is C25H29N4O5S-. The summed E-state index contributed by atoms with van der Waals surface area (Å²) in [4.78, 5) is 44.8. The Hall–Kier alpha value is -2.95. The summed E-state index contributed by atoms with van der Waals surface area (Å²) in [5.41, 5.74) is 1.23. The van der Waals surface area contributed by atoms with Crippen molar-refractivity contribution in [3.8, 4) is 0 Å². The number of aromatic nitrogens is 1. The zero-order valence-electron chi connectivity index (χ0n) is 19.6. The Morgan fingerprint density at radius 2 is 1.57 bits per heavy atom. The van der Waals surface area contributed by atoms with Crippen LogP contribution in [-0.4, -0.2) is 75.2 Å². The van der Waals surface area contributed by atoms with E-state index in [-0.39, 0.29) is 35.3 Å². The number of piperidine rings is 2. The fourth-order valence-corrected chi connectivity index (χ4v) is 5.01. The monoisotopic (exact) mass is 497 g/mol. The van der Waals surface area contributed by atoms with Gasteiger partial charge in [0.25, 0.3) is 11.8 Å². The van der Waals surface area contributed by atoms with Gasteiger partial charge in [-0.1, -0.05) is 12.1 Å². The molecular weight excluding hydrogens is 468 g/mol. The molecule has 9 nitrogen and oxygen atoms in total. The number of benzene rings is 1. The summed E-state index contributed by atoms with van der Waals surface area (Å²) in [5, 5.41) is 15.2. The molecule has 0 spiro atoms. The number of nitrogens with zero attached hydrogens (tertiary/aromatic N) is 3. The van der Waals surface area contributed by atoms with Gasteiger partial charge in [0.15, 0.2) is 5.78 Å². The summed E-state index contributed by atoms with van der Waals surface area (Å²) in [6, 6.07) is 9.95. The number of pyridine rings is 1. The van der Waals surface area contributed by atoms with Gasteiger partial charge in [-0.15, -0.1) is 0 Å². The average molecular weight is 498 g/mol. The van der Waals surface area contributed by atoms with Gasteiger partial charge in [-0.2, -0.15) is 0 Å². The minimum absolute atomic E-state index is 0.0449. The lowest BCUT2D eigenvalue weighted by Gasteiger charge is -2.36. The first kappa shape index (κ1) is 25.2. The van der Waals surface area contributed by atoms with E-state index in [9.17, 15) is 23.8 Å². The highest BCUT2D eigenvalue weighted by Gasteiger charge is 2.29. The van der Waals surface area contributed by atoms with Gasteiger partial charge in [-0.3, -0.25) is 23.6 Å². The molecule has 3 heterocycles. The van der Waals surface area contributed by atoms with Gasteiger partial charge in [-0.05, 0) is 63.0 Å². The topological polar surface area (TPSA) is 123 Å². The average Bonchev–Trinajstić information content (AvgIpc) is 2.89. The summed E-state index contributed by atoms with van der Waals surface area (Å²) in [5.74, 6) is -0.600. The fourth-order valence-electron chi connectivity index (χ4n) is 4.49. The number of likely N-dealkylation sites (tertiary alicyclic amines) is 1. The maximum atomic E-state index is 12.9. The van der Waals surface area contributed by atoms with Gasteiger partial charge in [0.2, 0.25) is 0 Å². The number of carbonyl (C=O) groups excluding carboxylic acids is 3. The third-order valence-electron chi connectivity index (χ3n) is 6.66. The summed E-state index contributed by atoms with van der Waals surface area (Å²) >= 11 is 0. The number of carbonyl (C=O) groups is 3. The first-order valence-corrected chi connectivity index (χ1v) is 13.3. The molecule has 2 saturated heterocycles. The number of Topliss-reactive ketones (excluding diaryl/α,β-unsaturated/α-hetero) is 1. The van der Waals surface area contributed by atoms with Gasteiger partial charge < -0.3 is 20.5 Å². The van der Waals surface area contributed by atoms with Crippen molar-refractivity contribution in [1.82, 2.24) is 20.3 Å². The number of ketones is 1. The summed E-state index contributed by atoms with van der Waals surface area (Å²) < 4.78 is 11.5. The third kappa shape index (κ3) is 6.19. The zero-order valence-corrected chi connectivity index (χ0v) is 20.5. The van der Waals surface area contributed by atoms with Crippen LogP contribution in [0.3, 0.4) is 0 Å². The van der Waals surface area contributed by atoms with Crippen molar-refractivity contribution in [2.45, 2.75) is 36.6 Å². The molecule has 2 aliphatic heterocycles. The lowest BCUT2D eigenvalue weighted by molar-refractivity contribution is 0.0649. The molecule has 186 valence electrons. The number of nitrogens with one attached hydrogen (secondary N) is 1. The minimum atomic E-state index is -1.09. The molecule has 1 atom stereocenters. The van der Waals surface area contributed by atoms with E-state index in [1.807, 2.05) is 0 Å². The Kier molecular flexibility index (Phi) is 8.04. The second-order valence-electron chi connectivity index (χ2n) is 9.02. The van der Waals surface area contributed by atoms with Crippen LogP contribution in [0, 0.1) is 11.1 Å². The van der Waals surface area contributed by atoms with Gasteiger partial charge in [-0.25, -0.2) is 0 Å². The minimum Gasteiger partial charge on any atom is -0.785 e. The molecule has 4 rings (SSSR count). The van der Waals surface area contributed by atoms with E-state index < -0.39 is 10.8 Å². The molecule has 0 saturated carbocycles. The Labute approximate surface area is 206 Å². The van der Waals surface area contributed by atoms with Gasteiger partial charge in [0, 0.05) is 58.8 Å². The predicted octanol–water partition coefficient (Wildman–Crippen LogP) is 2.25. The molecule has 2 fully saturated rings. The van der Waals surface area contributed by atoms with Crippen LogP contribution in [0.5, 0.6) is 0 Å². The van der Waals surface area contributed by atoms with Crippen LogP contribution < -0.4 is 5.32 Å². The molecule has 35 heavy (non-hydrogen) atoms. The molecule has 1 aromatic heterocycles. The summed E-state index contributed by atoms with van der Waals surface area (Å²) in [6.07, 6.45) is 5.37. The number of hydrogen-bond donors (Lipinski definition) is 1. The molecule has 10 heteroatoms. The van der Waals surface area contributed by atoms with Gasteiger partial charge in [0.1, 0.15) is 5.69 Å². The number of rotatable bonds is 6. The van der Waals surface area contributed by atoms with E-state index in [2.05, 4.69) is 10.3 Å². The van der Waals surface area contributed by atoms with Crippen molar-refractivity contribution >= 4 is 28.4 Å². The maximum absolute atomic E-state index is 12.9. The SMILES string of the molecule is CS(=O)c1ccc(C(=O)C2CCN(C(=O)c3ccc(C(=O)NC4CCN([O-])CC4)nc3)CC2)cc1. The summed E-state index contributed by atoms with van der Waals surface area (Å²) in [7, 11) is -1.09. The van der Waals surface area contributed by atoms with Crippen molar-refractivity contribution in [1.29, 1.82) is 0 Å². The number of amides is 2. The first-order chi connectivity index (χ1) is 16.8. The van der Waals surface area contributed by atoms with Crippen LogP contribution in [0.2, 0.25) is 0 Å². The lowest BCUT2D eigenvalue weighted by atomic mass is 9.88. The molecule has 0 radical (unpaired) electrons. The van der Waals surface area contributed by atoms with E-state index in [0.717, 1.165) is 5.06 Å². The van der Waals surface area contributed by atoms with Crippen LogP contribution in [0.15, 0.2) is 47.5 Å². The van der Waals surface area contributed by atoms with E-state index in [1.54, 1.807) is 41.5 Å². The molecule has 0 aliphatic carbocycles. The van der Waals surface area contributed by atoms with Crippen molar-refractivity contribution < 1.29 is 18.6 Å². The van der Waals surface area contributed by atoms with E-state index in [1.165, 1.54) is 12.3 Å². The van der Waals surface area contributed by atoms with Crippen molar-refractivity contribution in [2.75, 3.05) is 32.4 Å². The standard InChI is InChI=1S/C25H29N4O5S/c1-35(34)21-5-2-17(3-6-21)23(30)18-8-12-28(13-9-18)25(32)19-4-7-22(26-16-19)24(31)27-20-10-14-29(33)15-11-20/h2-7,16,18,20H,8-15H2,1H3,(H,27,31)/q-1. The Morgan fingerprint density at radius 1 is 0.943 bits per heavy atom. The molecule has 2 aliphatic rings. The van der Waals surface area contributed by atoms with Crippen molar-refractivity contribution in [3.05, 3.63) is 64.6 Å². The smallest absolute Gasteiger partial charge is 0.270 e. The normalized spacial score (nSPS) is 18.7. The quantitative estimate of drug-likeness (QED) is 0.607. The fraction of sp³-hybridized carbons (Fsp3) is 0.440. The zero-order chi connectivity index (χ0) is 24.9. The second kappa shape index (κ2) is 11.2. The maximum Gasteiger partial charge on any atom is 0.270 e. The summed E-state index contributed by atoms with van der Waals surface area (Å²) in [6.45, 7) is 1.74. The Balaban J connectivity index is 1.29. The van der Waals surface area contributed by atoms with E-state index in [4.69, 9.17) is 0 Å². The van der Waals surface area contributed by atoms with E-state index in [0.29, 0.717) is 67.9 Å². The van der Waals surface area contributed by atoms with Crippen molar-refractivity contribution in [2.24, 2.45) is 5.92 Å². The van der Waals surface area contributed by atoms with Crippen LogP contribution in [0.25, 0.3) is 0 Å². The van der Waals surface area contributed by atoms with Crippen LogP contribution in [0.4, 0.5) is 0 Å². The largest absolute Gasteiger partial charge is 0.785 e. The molecule has 1 aromatic carbocycles. The molecule has 1 unspecified atom stereocenters. The predicted molar refractivity (Wildman–Crippen MR) is 131 cm³/mol. The van der Waals surface area contributed by atoms with E-state index >= 15 is 0 Å². The van der Waals surface area contributed by atoms with Crippen molar-refractivity contribution in [3.63, 3.8) is 0 Å². The number of hydrogen-bond acceptors (Lipinski definition) is 7. The van der Waals surface area contributed by atoms with Crippen LogP contribution in [0.1, 0.15) is 56.9 Å². The Bertz CT molecular complexity index is 1090. The van der Waals surface area contributed by atoms with Gasteiger partial charge >= 0.3 is 0 Å². The van der Waals surface area contributed by atoms with Crippen LogP contribution in [-0.2, 0) is 10.8 Å². The third-order valence-corrected chi connectivity index (χ3v) is 7.59. The van der Waals surface area contributed by atoms with Crippen LogP contribution >= 0.6 is 0 Å². The lowest BCUT2D eigenvalue weighted by Crippen LogP contribution is -2.43. The number of hydroxylamine groups is 2. The Morgan fingerprint density at radius 3 is 2.14 bits per heavy atom. The highest BCUT2D eigenvalue weighted by molar-refractivity contribution is 7.84. The first-order valence-electron chi connectivity index (χ1n) is 11.8. The molecule has 0 bridgehead atoms. The highest BCUT2D eigenvalue weighted by atomic mass is 32.2. The highest BCUT2D eigenvalue weighted by Crippen LogP contribution is 2.23. The second-order valence-corrected chi connectivity index (χ2v) is 10.4. The molecule has 2 amide bonds. The molecule has 1 N–H and O–H groups in total. The molecule has 2 aromatic rings.